The number of benzene rings is 1. The highest BCUT2D eigenvalue weighted by atomic mass is 32.2. The van der Waals surface area contributed by atoms with Crippen LogP contribution >= 0.6 is 0 Å². The van der Waals surface area contributed by atoms with Gasteiger partial charge in [-0.2, -0.15) is 13.2 Å². The summed E-state index contributed by atoms with van der Waals surface area (Å²) in [6.45, 7) is 0. The molecule has 0 fully saturated rings. The third-order valence-corrected chi connectivity index (χ3v) is 3.21. The number of hydrogen-bond donors (Lipinski definition) is 0. The normalized spacial score (nSPS) is 12.0. The molecule has 0 radical (unpaired) electrons. The highest BCUT2D eigenvalue weighted by Crippen LogP contribution is 2.26. The van der Waals surface area contributed by atoms with Gasteiger partial charge in [0.15, 0.2) is 10.1 Å². The summed E-state index contributed by atoms with van der Waals surface area (Å²) in [7, 11) is 0.824. The summed E-state index contributed by atoms with van der Waals surface area (Å²) < 4.78 is 63.9. The van der Waals surface area contributed by atoms with E-state index in [9.17, 15) is 28.1 Å². The van der Waals surface area contributed by atoms with Crippen molar-refractivity contribution in [1.29, 1.82) is 0 Å². The van der Waals surface area contributed by atoms with Gasteiger partial charge in [0.25, 0.3) is 5.69 Å². The van der Waals surface area contributed by atoms with E-state index in [1.165, 1.54) is 19.2 Å². The van der Waals surface area contributed by atoms with Crippen LogP contribution in [0.25, 0.3) is 0 Å². The molecule has 0 atom stereocenters. The van der Waals surface area contributed by atoms with Crippen molar-refractivity contribution >= 4 is 27.5 Å². The second kappa shape index (κ2) is 7.76. The Morgan fingerprint density at radius 2 is 1.68 bits per heavy atom. The number of carbonyl (C=O) groups excluding carboxylic acids is 1. The number of alkyl halides is 3. The molecule has 9 nitrogen and oxygen atoms in total. The molecule has 1 rings (SSSR count). The fourth-order valence-electron chi connectivity index (χ4n) is 1.37. The maximum atomic E-state index is 11.5. The summed E-state index contributed by atoms with van der Waals surface area (Å²) in [5.74, 6) is -0.702. The number of nitrogens with zero attached hydrogens (tertiary/aromatic N) is 2. The van der Waals surface area contributed by atoms with E-state index < -0.39 is 26.5 Å². The van der Waals surface area contributed by atoms with Crippen molar-refractivity contribution in [3.05, 3.63) is 33.9 Å². The molecule has 0 aliphatic heterocycles. The molecule has 0 heterocycles. The predicted molar refractivity (Wildman–Crippen MR) is 79.8 cm³/mol. The Labute approximate surface area is 141 Å². The number of carbonyl (C=O) groups is 1. The van der Waals surface area contributed by atoms with E-state index in [1.807, 2.05) is 21.1 Å². The molecule has 0 aliphatic carbocycles. The number of halogens is 3. The Kier molecular flexibility index (Phi) is 7.06. The van der Waals surface area contributed by atoms with Gasteiger partial charge in [0.05, 0.1) is 33.2 Å². The molecule has 0 amide bonds. The first-order valence-electron chi connectivity index (χ1n) is 6.23. The van der Waals surface area contributed by atoms with Crippen LogP contribution in [0, 0.1) is 10.1 Å². The van der Waals surface area contributed by atoms with Gasteiger partial charge in [-0.15, -0.1) is 0 Å². The zero-order chi connectivity index (χ0) is 20.2. The Morgan fingerprint density at radius 3 is 1.96 bits per heavy atom. The average Bonchev–Trinajstić information content (AvgIpc) is 2.43. The molecule has 0 spiro atoms. The molecule has 1 aromatic rings. The summed E-state index contributed by atoms with van der Waals surface area (Å²) in [4.78, 5) is 21.7. The van der Waals surface area contributed by atoms with E-state index in [4.69, 9.17) is 13.0 Å². The number of nitro groups is 1. The van der Waals surface area contributed by atoms with Crippen LogP contribution in [0.2, 0.25) is 0 Å². The second-order valence-corrected chi connectivity index (χ2v) is 6.73. The molecule has 0 aliphatic rings. The largest absolute Gasteiger partial charge is 0.741 e. The first kappa shape index (κ1) is 22.8. The average molecular weight is 388 g/mol. The van der Waals surface area contributed by atoms with E-state index in [2.05, 4.69) is 4.74 Å². The number of methoxy groups -OCH3 is 1. The first-order valence-corrected chi connectivity index (χ1v) is 7.64. The highest BCUT2D eigenvalue weighted by molar-refractivity contribution is 7.86. The van der Waals surface area contributed by atoms with Gasteiger partial charge < -0.3 is 9.29 Å². The number of esters is 1. The van der Waals surface area contributed by atoms with Gasteiger partial charge in [-0.3, -0.25) is 14.6 Å². The van der Waals surface area contributed by atoms with Crippen molar-refractivity contribution in [3.8, 4) is 0 Å². The second-order valence-electron chi connectivity index (χ2n) is 5.36. The molecule has 0 bridgehead atoms. The molecular formula is C12H15F3N2O7S. The van der Waals surface area contributed by atoms with Crippen molar-refractivity contribution in [2.24, 2.45) is 0 Å². The molecule has 0 N–H and O–H groups in total. The molecule has 25 heavy (non-hydrogen) atoms. The first-order chi connectivity index (χ1) is 11.0. The van der Waals surface area contributed by atoms with Crippen molar-refractivity contribution in [2.45, 2.75) is 5.51 Å². The van der Waals surface area contributed by atoms with Crippen LogP contribution in [0.4, 0.5) is 24.5 Å². The lowest BCUT2D eigenvalue weighted by molar-refractivity contribution is -0.385. The van der Waals surface area contributed by atoms with Gasteiger partial charge in [-0.25, -0.2) is 13.2 Å². The van der Waals surface area contributed by atoms with Crippen molar-refractivity contribution in [2.75, 3.05) is 28.3 Å². The lowest BCUT2D eigenvalue weighted by Crippen LogP contribution is -2.34. The maximum absolute atomic E-state index is 11.5. The zero-order valence-electron chi connectivity index (χ0n) is 13.5. The van der Waals surface area contributed by atoms with Gasteiger partial charge in [-0.05, 0) is 0 Å². The minimum absolute atomic E-state index is 0.0250. The van der Waals surface area contributed by atoms with Crippen molar-refractivity contribution in [3.63, 3.8) is 0 Å². The summed E-state index contributed by atoms with van der Waals surface area (Å²) in [6.07, 6.45) is 0. The van der Waals surface area contributed by atoms with Crippen LogP contribution in [0.3, 0.4) is 0 Å². The van der Waals surface area contributed by atoms with Crippen LogP contribution in [-0.2, 0) is 14.9 Å². The SMILES string of the molecule is COC(=O)c1cc([N+](C)(C)C)ccc1[N+](=O)[O-].O=S(=O)([O-])C(F)(F)F. The van der Waals surface area contributed by atoms with Gasteiger partial charge in [0.2, 0.25) is 0 Å². The predicted octanol–water partition coefficient (Wildman–Crippen LogP) is 1.63. The molecule has 0 unspecified atom stereocenters. The van der Waals surface area contributed by atoms with Gasteiger partial charge in [0, 0.05) is 18.2 Å². The van der Waals surface area contributed by atoms with Crippen molar-refractivity contribution < 1.29 is 40.6 Å². The Morgan fingerprint density at radius 1 is 1.24 bits per heavy atom. The third-order valence-electron chi connectivity index (χ3n) is 2.64. The monoisotopic (exact) mass is 388 g/mol. The molecule has 13 heteroatoms. The highest BCUT2D eigenvalue weighted by Gasteiger charge is 2.36. The molecule has 0 aromatic heterocycles. The van der Waals surface area contributed by atoms with Gasteiger partial charge in [0.1, 0.15) is 11.3 Å². The number of hydrogen-bond acceptors (Lipinski definition) is 7. The molecule has 1 aromatic carbocycles. The van der Waals surface area contributed by atoms with E-state index >= 15 is 0 Å². The maximum Gasteiger partial charge on any atom is 0.485 e. The summed E-state index contributed by atoms with van der Waals surface area (Å²) in [6, 6.07) is 4.44. The lowest BCUT2D eigenvalue weighted by atomic mass is 10.1. The number of quaternary nitrogens is 1. The van der Waals surface area contributed by atoms with Crippen LogP contribution < -0.4 is 4.48 Å². The molecule has 0 saturated carbocycles. The number of ether oxygens (including phenoxy) is 1. The van der Waals surface area contributed by atoms with E-state index in [0.717, 1.165) is 5.69 Å². The Hall–Kier alpha value is -2.25. The standard InChI is InChI=1S/C11H15N2O4.CHF3O3S/c1-13(2,3)8-5-6-10(12(15)16)9(7-8)11(14)17-4;2-1(3,4)8(5,6)7/h5-7H,1-4H3;(H,5,6,7)/q+1;/p-1. The number of nitro benzene ring substituents is 1. The fourth-order valence-corrected chi connectivity index (χ4v) is 1.37. The van der Waals surface area contributed by atoms with E-state index in [1.54, 1.807) is 6.07 Å². The fraction of sp³-hybridized carbons (Fsp3) is 0.417. The van der Waals surface area contributed by atoms with Crippen molar-refractivity contribution in [1.82, 2.24) is 4.48 Å². The lowest BCUT2D eigenvalue weighted by Gasteiger charge is -2.23. The van der Waals surface area contributed by atoms with Crippen LogP contribution in [0.15, 0.2) is 18.2 Å². The third kappa shape index (κ3) is 6.64. The van der Waals surface area contributed by atoms with Crippen LogP contribution in [0.1, 0.15) is 10.4 Å². The quantitative estimate of drug-likeness (QED) is 0.192. The summed E-state index contributed by atoms with van der Waals surface area (Å²) in [5.41, 5.74) is -5.12. The minimum Gasteiger partial charge on any atom is -0.741 e. The molecular weight excluding hydrogens is 373 g/mol. The molecule has 142 valence electrons. The van der Waals surface area contributed by atoms with Gasteiger partial charge in [-0.1, -0.05) is 0 Å². The Balaban J connectivity index is 0.000000609. The smallest absolute Gasteiger partial charge is 0.485 e. The van der Waals surface area contributed by atoms with E-state index in [-0.39, 0.29) is 11.3 Å². The Bertz CT molecular complexity index is 755. The summed E-state index contributed by atoms with van der Waals surface area (Å²) >= 11 is 0. The van der Waals surface area contributed by atoms with E-state index in [0.29, 0.717) is 4.48 Å². The minimum atomic E-state index is -6.09. The van der Waals surface area contributed by atoms with Crippen LogP contribution in [-0.4, -0.2) is 57.6 Å². The van der Waals surface area contributed by atoms with Crippen LogP contribution in [0.5, 0.6) is 0 Å². The molecule has 0 saturated heterocycles. The zero-order valence-corrected chi connectivity index (χ0v) is 14.3. The summed E-state index contributed by atoms with van der Waals surface area (Å²) in [5, 5.41) is 10.8. The topological polar surface area (TPSA) is 127 Å². The van der Waals surface area contributed by atoms with Gasteiger partial charge >= 0.3 is 11.5 Å². The number of rotatable bonds is 3.